The third kappa shape index (κ3) is 6.39. The summed E-state index contributed by atoms with van der Waals surface area (Å²) in [5, 5.41) is 6.46. The number of rotatable bonds is 10. The molecule has 0 aliphatic heterocycles. The first-order valence-corrected chi connectivity index (χ1v) is 6.74. The molecular weight excluding hydrogens is 228 g/mol. The van der Waals surface area contributed by atoms with Crippen LogP contribution in [0.4, 0.5) is 11.6 Å². The van der Waals surface area contributed by atoms with Crippen molar-refractivity contribution in [3.8, 4) is 0 Å². The van der Waals surface area contributed by atoms with Crippen molar-refractivity contribution in [2.45, 2.75) is 33.1 Å². The molecule has 102 valence electrons. The molecule has 2 N–H and O–H groups in total. The minimum absolute atomic E-state index is 0.794. The summed E-state index contributed by atoms with van der Waals surface area (Å²) in [7, 11) is 0. The molecule has 0 aliphatic rings. The van der Waals surface area contributed by atoms with Crippen molar-refractivity contribution in [2.24, 2.45) is 0 Å². The minimum atomic E-state index is 0.794. The van der Waals surface area contributed by atoms with Crippen LogP contribution in [0.5, 0.6) is 0 Å². The molecule has 0 unspecified atom stereocenters. The van der Waals surface area contributed by atoms with Gasteiger partial charge in [-0.1, -0.05) is 13.8 Å². The molecule has 0 aliphatic carbocycles. The fourth-order valence-corrected chi connectivity index (χ4v) is 1.43. The van der Waals surface area contributed by atoms with E-state index in [9.17, 15) is 0 Å². The van der Waals surface area contributed by atoms with Crippen LogP contribution >= 0.6 is 0 Å². The lowest BCUT2D eigenvalue weighted by atomic mass is 10.4. The molecule has 0 aromatic carbocycles. The lowest BCUT2D eigenvalue weighted by molar-refractivity contribution is 0.134. The van der Waals surface area contributed by atoms with Crippen molar-refractivity contribution in [2.75, 3.05) is 36.9 Å². The van der Waals surface area contributed by atoms with Gasteiger partial charge in [-0.2, -0.15) is 0 Å². The molecule has 0 atom stereocenters. The molecule has 18 heavy (non-hydrogen) atoms. The summed E-state index contributed by atoms with van der Waals surface area (Å²) in [4.78, 5) is 8.57. The van der Waals surface area contributed by atoms with Gasteiger partial charge in [0.15, 0.2) is 0 Å². The number of aromatic nitrogens is 2. The zero-order valence-corrected chi connectivity index (χ0v) is 11.4. The molecule has 0 bridgehead atoms. The van der Waals surface area contributed by atoms with Crippen LogP contribution in [0, 0.1) is 0 Å². The largest absolute Gasteiger partial charge is 0.381 e. The van der Waals surface area contributed by atoms with E-state index in [1.54, 1.807) is 12.4 Å². The van der Waals surface area contributed by atoms with Gasteiger partial charge in [0.25, 0.3) is 0 Å². The molecule has 5 nitrogen and oxygen atoms in total. The topological polar surface area (TPSA) is 59.1 Å². The smallest absolute Gasteiger partial charge is 0.146 e. The monoisotopic (exact) mass is 252 g/mol. The molecule has 5 heteroatoms. The van der Waals surface area contributed by atoms with Gasteiger partial charge in [-0.3, -0.25) is 4.98 Å². The van der Waals surface area contributed by atoms with Gasteiger partial charge < -0.3 is 15.4 Å². The zero-order valence-electron chi connectivity index (χ0n) is 11.4. The second kappa shape index (κ2) is 9.65. The van der Waals surface area contributed by atoms with Crippen molar-refractivity contribution in [3.05, 3.63) is 12.4 Å². The van der Waals surface area contributed by atoms with Crippen LogP contribution in [0.2, 0.25) is 0 Å². The average molecular weight is 252 g/mol. The lowest BCUT2D eigenvalue weighted by Crippen LogP contribution is -2.09. The third-order valence-corrected chi connectivity index (χ3v) is 2.31. The Kier molecular flexibility index (Phi) is 7.88. The fraction of sp³-hybridized carbons (Fsp3) is 0.692. The van der Waals surface area contributed by atoms with Crippen molar-refractivity contribution in [1.82, 2.24) is 9.97 Å². The maximum absolute atomic E-state index is 5.41. The van der Waals surface area contributed by atoms with E-state index in [0.29, 0.717) is 0 Å². The number of anilines is 2. The number of hydrogen-bond acceptors (Lipinski definition) is 5. The fourth-order valence-electron chi connectivity index (χ4n) is 1.43. The van der Waals surface area contributed by atoms with Gasteiger partial charge >= 0.3 is 0 Å². The standard InChI is InChI=1S/C13H24N4O/c1-3-6-15-12-10-14-11-13(17-12)16-7-5-9-18-8-4-2/h10-11H,3-9H2,1-2H3,(H2,15,16,17). The second-order valence-corrected chi connectivity index (χ2v) is 4.11. The predicted octanol–water partition coefficient (Wildman–Crippen LogP) is 2.53. The Labute approximate surface area is 109 Å². The number of ether oxygens (including phenoxy) is 1. The van der Waals surface area contributed by atoms with E-state index in [1.807, 2.05) is 0 Å². The summed E-state index contributed by atoms with van der Waals surface area (Å²) in [6, 6.07) is 0. The summed E-state index contributed by atoms with van der Waals surface area (Å²) < 4.78 is 5.41. The van der Waals surface area contributed by atoms with Crippen molar-refractivity contribution >= 4 is 11.6 Å². The SMILES string of the molecule is CCCNc1cncc(NCCCOCCC)n1. The van der Waals surface area contributed by atoms with Crippen molar-refractivity contribution in [1.29, 1.82) is 0 Å². The lowest BCUT2D eigenvalue weighted by Gasteiger charge is -2.08. The quantitative estimate of drug-likeness (QED) is 0.627. The molecule has 0 saturated carbocycles. The third-order valence-electron chi connectivity index (χ3n) is 2.31. The van der Waals surface area contributed by atoms with Crippen LogP contribution < -0.4 is 10.6 Å². The summed E-state index contributed by atoms with van der Waals surface area (Å²) in [6.07, 6.45) is 6.61. The predicted molar refractivity (Wildman–Crippen MR) is 75.0 cm³/mol. The Morgan fingerprint density at radius 1 is 1.00 bits per heavy atom. The van der Waals surface area contributed by atoms with Gasteiger partial charge in [-0.15, -0.1) is 0 Å². The van der Waals surface area contributed by atoms with Crippen LogP contribution in [-0.4, -0.2) is 36.3 Å². The van der Waals surface area contributed by atoms with E-state index in [2.05, 4.69) is 34.4 Å². The molecule has 0 fully saturated rings. The van der Waals surface area contributed by atoms with E-state index in [0.717, 1.165) is 57.2 Å². The van der Waals surface area contributed by atoms with Crippen LogP contribution in [-0.2, 0) is 4.74 Å². The van der Waals surface area contributed by atoms with E-state index in [4.69, 9.17) is 4.74 Å². The van der Waals surface area contributed by atoms with E-state index >= 15 is 0 Å². The number of nitrogens with one attached hydrogen (secondary N) is 2. The van der Waals surface area contributed by atoms with E-state index < -0.39 is 0 Å². The van der Waals surface area contributed by atoms with Gasteiger partial charge in [0.05, 0.1) is 12.4 Å². The average Bonchev–Trinajstić information content (AvgIpc) is 2.41. The second-order valence-electron chi connectivity index (χ2n) is 4.11. The highest BCUT2D eigenvalue weighted by Gasteiger charge is 1.97. The Morgan fingerprint density at radius 3 is 2.39 bits per heavy atom. The number of hydrogen-bond donors (Lipinski definition) is 2. The first-order chi connectivity index (χ1) is 8.86. The molecule has 0 amide bonds. The van der Waals surface area contributed by atoms with Crippen LogP contribution in [0.3, 0.4) is 0 Å². The molecule has 1 aromatic heterocycles. The minimum Gasteiger partial charge on any atom is -0.381 e. The van der Waals surface area contributed by atoms with Crippen molar-refractivity contribution in [3.63, 3.8) is 0 Å². The first-order valence-electron chi connectivity index (χ1n) is 6.74. The molecular formula is C13H24N4O. The normalized spacial score (nSPS) is 10.3. The molecule has 1 aromatic rings. The van der Waals surface area contributed by atoms with Gasteiger partial charge in [0.1, 0.15) is 11.6 Å². The highest BCUT2D eigenvalue weighted by atomic mass is 16.5. The van der Waals surface area contributed by atoms with Crippen LogP contribution in [0.15, 0.2) is 12.4 Å². The summed E-state index contributed by atoms with van der Waals surface area (Å²) in [5.74, 6) is 1.63. The van der Waals surface area contributed by atoms with E-state index in [1.165, 1.54) is 0 Å². The molecule has 1 rings (SSSR count). The summed E-state index contributed by atoms with van der Waals surface area (Å²) in [5.41, 5.74) is 0. The molecule has 0 spiro atoms. The Morgan fingerprint density at radius 2 is 1.72 bits per heavy atom. The maximum Gasteiger partial charge on any atom is 0.146 e. The van der Waals surface area contributed by atoms with Gasteiger partial charge in [-0.05, 0) is 19.3 Å². The van der Waals surface area contributed by atoms with Gasteiger partial charge in [-0.25, -0.2) is 4.98 Å². The highest BCUT2D eigenvalue weighted by molar-refractivity contribution is 5.41. The van der Waals surface area contributed by atoms with Gasteiger partial charge in [0.2, 0.25) is 0 Å². The van der Waals surface area contributed by atoms with Crippen LogP contribution in [0.25, 0.3) is 0 Å². The Balaban J connectivity index is 2.20. The number of nitrogens with zero attached hydrogens (tertiary/aromatic N) is 2. The zero-order chi connectivity index (χ0) is 13.1. The first kappa shape index (κ1) is 14.7. The van der Waals surface area contributed by atoms with E-state index in [-0.39, 0.29) is 0 Å². The highest BCUT2D eigenvalue weighted by Crippen LogP contribution is 2.06. The van der Waals surface area contributed by atoms with Crippen LogP contribution in [0.1, 0.15) is 33.1 Å². The molecule has 0 saturated heterocycles. The maximum atomic E-state index is 5.41. The molecule has 0 radical (unpaired) electrons. The summed E-state index contributed by atoms with van der Waals surface area (Å²) >= 11 is 0. The Bertz CT molecular complexity index is 320. The van der Waals surface area contributed by atoms with Gasteiger partial charge in [0, 0.05) is 26.3 Å². The summed E-state index contributed by atoms with van der Waals surface area (Å²) in [6.45, 7) is 7.65. The van der Waals surface area contributed by atoms with Crippen molar-refractivity contribution < 1.29 is 4.74 Å². The molecule has 1 heterocycles. The Hall–Kier alpha value is -1.36.